The summed E-state index contributed by atoms with van der Waals surface area (Å²) in [6.45, 7) is 3.94. The number of hydrogen-bond donors (Lipinski definition) is 0. The standard InChI is InChI=1S/C14H13BrFNO/c1-9(2)13-7-10(15)8-17(14(13)18)12-5-3-11(16)4-6-12/h3-9H,1-2H3. The maximum absolute atomic E-state index is 12.9. The monoisotopic (exact) mass is 309 g/mol. The summed E-state index contributed by atoms with van der Waals surface area (Å²) in [5, 5.41) is 0. The Morgan fingerprint density at radius 2 is 1.83 bits per heavy atom. The van der Waals surface area contributed by atoms with E-state index in [0.29, 0.717) is 5.69 Å². The third-order valence-corrected chi connectivity index (χ3v) is 3.17. The Hall–Kier alpha value is -1.42. The topological polar surface area (TPSA) is 22.0 Å². The molecule has 1 aromatic carbocycles. The Kier molecular flexibility index (Phi) is 3.66. The molecule has 1 heterocycles. The SMILES string of the molecule is CC(C)c1cc(Br)cn(-c2ccc(F)cc2)c1=O. The van der Waals surface area contributed by atoms with Gasteiger partial charge in [-0.3, -0.25) is 9.36 Å². The molecule has 0 spiro atoms. The molecule has 94 valence electrons. The minimum Gasteiger partial charge on any atom is -0.283 e. The van der Waals surface area contributed by atoms with Gasteiger partial charge in [-0.25, -0.2) is 4.39 Å². The minimum absolute atomic E-state index is 0.0696. The molecule has 0 saturated carbocycles. The Balaban J connectivity index is 2.64. The molecule has 0 N–H and O–H groups in total. The van der Waals surface area contributed by atoms with Gasteiger partial charge in [0.15, 0.2) is 0 Å². The molecule has 0 saturated heterocycles. The van der Waals surface area contributed by atoms with E-state index in [4.69, 9.17) is 0 Å². The molecular weight excluding hydrogens is 297 g/mol. The van der Waals surface area contributed by atoms with Crippen molar-refractivity contribution in [1.29, 1.82) is 0 Å². The molecule has 0 fully saturated rings. The molecule has 1 aromatic heterocycles. The summed E-state index contributed by atoms with van der Waals surface area (Å²) >= 11 is 3.39. The predicted octanol–water partition coefficient (Wildman–Crippen LogP) is 3.86. The molecule has 0 aliphatic heterocycles. The quantitative estimate of drug-likeness (QED) is 0.825. The summed E-state index contributed by atoms with van der Waals surface area (Å²) < 4.78 is 15.2. The van der Waals surface area contributed by atoms with Crippen LogP contribution in [0.4, 0.5) is 4.39 Å². The van der Waals surface area contributed by atoms with Gasteiger partial charge in [-0.05, 0) is 52.2 Å². The van der Waals surface area contributed by atoms with E-state index >= 15 is 0 Å². The summed E-state index contributed by atoms with van der Waals surface area (Å²) in [6, 6.07) is 7.70. The normalized spacial score (nSPS) is 10.9. The highest BCUT2D eigenvalue weighted by atomic mass is 79.9. The Bertz CT molecular complexity index is 617. The fourth-order valence-electron chi connectivity index (χ4n) is 1.78. The number of rotatable bonds is 2. The van der Waals surface area contributed by atoms with Crippen LogP contribution in [-0.4, -0.2) is 4.57 Å². The lowest BCUT2D eigenvalue weighted by Gasteiger charge is -2.11. The molecule has 0 radical (unpaired) electrons. The van der Waals surface area contributed by atoms with Crippen molar-refractivity contribution >= 4 is 15.9 Å². The van der Waals surface area contributed by atoms with Crippen LogP contribution in [0.25, 0.3) is 5.69 Å². The maximum Gasteiger partial charge on any atom is 0.258 e. The summed E-state index contributed by atoms with van der Waals surface area (Å²) in [6.07, 6.45) is 1.70. The van der Waals surface area contributed by atoms with Crippen LogP contribution in [0.1, 0.15) is 25.3 Å². The lowest BCUT2D eigenvalue weighted by atomic mass is 10.1. The van der Waals surface area contributed by atoms with Crippen LogP contribution in [0.3, 0.4) is 0 Å². The van der Waals surface area contributed by atoms with Crippen molar-refractivity contribution in [3.8, 4) is 5.69 Å². The first-order chi connectivity index (χ1) is 8.49. The van der Waals surface area contributed by atoms with Gasteiger partial charge >= 0.3 is 0 Å². The average molecular weight is 310 g/mol. The molecular formula is C14H13BrFNO. The number of benzene rings is 1. The first-order valence-electron chi connectivity index (χ1n) is 5.67. The van der Waals surface area contributed by atoms with Crippen LogP contribution in [0, 0.1) is 5.82 Å². The smallest absolute Gasteiger partial charge is 0.258 e. The van der Waals surface area contributed by atoms with E-state index in [9.17, 15) is 9.18 Å². The second kappa shape index (κ2) is 5.06. The largest absolute Gasteiger partial charge is 0.283 e. The highest BCUT2D eigenvalue weighted by Gasteiger charge is 2.10. The van der Waals surface area contributed by atoms with Gasteiger partial charge in [0.2, 0.25) is 0 Å². The minimum atomic E-state index is -0.314. The molecule has 2 aromatic rings. The van der Waals surface area contributed by atoms with E-state index in [0.717, 1.165) is 10.0 Å². The summed E-state index contributed by atoms with van der Waals surface area (Å²) in [7, 11) is 0. The van der Waals surface area contributed by atoms with Gasteiger partial charge in [0.25, 0.3) is 5.56 Å². The van der Waals surface area contributed by atoms with Crippen molar-refractivity contribution in [3.05, 3.63) is 62.7 Å². The fraction of sp³-hybridized carbons (Fsp3) is 0.214. The lowest BCUT2D eigenvalue weighted by molar-refractivity contribution is 0.627. The average Bonchev–Trinajstić information content (AvgIpc) is 2.32. The van der Waals surface area contributed by atoms with Gasteiger partial charge in [0.1, 0.15) is 5.82 Å². The number of hydrogen-bond acceptors (Lipinski definition) is 1. The number of aromatic nitrogens is 1. The number of halogens is 2. The van der Waals surface area contributed by atoms with Crippen LogP contribution in [-0.2, 0) is 0 Å². The first kappa shape index (κ1) is 13.0. The maximum atomic E-state index is 12.9. The van der Waals surface area contributed by atoms with Crippen molar-refractivity contribution in [1.82, 2.24) is 4.57 Å². The van der Waals surface area contributed by atoms with E-state index in [-0.39, 0.29) is 17.3 Å². The number of nitrogens with zero attached hydrogens (tertiary/aromatic N) is 1. The van der Waals surface area contributed by atoms with Gasteiger partial charge in [0, 0.05) is 21.9 Å². The summed E-state index contributed by atoms with van der Waals surface area (Å²) in [4.78, 5) is 12.3. The zero-order valence-corrected chi connectivity index (χ0v) is 11.7. The van der Waals surface area contributed by atoms with Crippen LogP contribution in [0.15, 0.2) is 45.8 Å². The lowest BCUT2D eigenvalue weighted by Crippen LogP contribution is -2.22. The van der Waals surface area contributed by atoms with Crippen molar-refractivity contribution in [3.63, 3.8) is 0 Å². The van der Waals surface area contributed by atoms with E-state index in [1.807, 2.05) is 19.9 Å². The van der Waals surface area contributed by atoms with Crippen LogP contribution in [0.5, 0.6) is 0 Å². The molecule has 18 heavy (non-hydrogen) atoms. The van der Waals surface area contributed by atoms with E-state index < -0.39 is 0 Å². The predicted molar refractivity (Wildman–Crippen MR) is 73.8 cm³/mol. The number of pyridine rings is 1. The van der Waals surface area contributed by atoms with Crippen LogP contribution in [0.2, 0.25) is 0 Å². The Morgan fingerprint density at radius 1 is 1.22 bits per heavy atom. The Labute approximate surface area is 113 Å². The summed E-state index contributed by atoms with van der Waals surface area (Å²) in [5.41, 5.74) is 1.32. The molecule has 0 bridgehead atoms. The van der Waals surface area contributed by atoms with Crippen molar-refractivity contribution in [2.75, 3.05) is 0 Å². The van der Waals surface area contributed by atoms with Crippen molar-refractivity contribution < 1.29 is 4.39 Å². The highest BCUT2D eigenvalue weighted by molar-refractivity contribution is 9.10. The van der Waals surface area contributed by atoms with Gasteiger partial charge in [-0.2, -0.15) is 0 Å². The molecule has 0 aliphatic carbocycles. The first-order valence-corrected chi connectivity index (χ1v) is 6.46. The summed E-state index contributed by atoms with van der Waals surface area (Å²) in [5.74, 6) is -0.174. The van der Waals surface area contributed by atoms with Gasteiger partial charge in [0.05, 0.1) is 0 Å². The van der Waals surface area contributed by atoms with E-state index in [2.05, 4.69) is 15.9 Å². The van der Waals surface area contributed by atoms with Gasteiger partial charge < -0.3 is 0 Å². The van der Waals surface area contributed by atoms with E-state index in [1.165, 1.54) is 16.7 Å². The van der Waals surface area contributed by atoms with Crippen LogP contribution < -0.4 is 5.56 Å². The molecule has 4 heteroatoms. The van der Waals surface area contributed by atoms with E-state index in [1.54, 1.807) is 18.3 Å². The molecule has 2 nitrogen and oxygen atoms in total. The van der Waals surface area contributed by atoms with Crippen molar-refractivity contribution in [2.45, 2.75) is 19.8 Å². The van der Waals surface area contributed by atoms with Gasteiger partial charge in [-0.15, -0.1) is 0 Å². The second-order valence-electron chi connectivity index (χ2n) is 4.42. The molecule has 0 atom stereocenters. The molecule has 2 rings (SSSR count). The molecule has 0 unspecified atom stereocenters. The zero-order valence-electron chi connectivity index (χ0n) is 10.2. The highest BCUT2D eigenvalue weighted by Crippen LogP contribution is 2.18. The van der Waals surface area contributed by atoms with Crippen LogP contribution >= 0.6 is 15.9 Å². The van der Waals surface area contributed by atoms with Crippen molar-refractivity contribution in [2.24, 2.45) is 0 Å². The van der Waals surface area contributed by atoms with Gasteiger partial charge in [-0.1, -0.05) is 13.8 Å². The Morgan fingerprint density at radius 3 is 2.39 bits per heavy atom. The third kappa shape index (κ3) is 2.53. The zero-order chi connectivity index (χ0) is 13.3. The fourth-order valence-corrected chi connectivity index (χ4v) is 2.23. The second-order valence-corrected chi connectivity index (χ2v) is 5.34. The molecule has 0 amide bonds. The third-order valence-electron chi connectivity index (χ3n) is 2.74. The molecule has 0 aliphatic rings.